The van der Waals surface area contributed by atoms with Crippen molar-refractivity contribution in [3.05, 3.63) is 194 Å². The lowest BCUT2D eigenvalue weighted by Crippen LogP contribution is -2.00. The molecule has 0 fully saturated rings. The lowest BCUT2D eigenvalue weighted by atomic mass is 10.0. The first-order valence-electron chi connectivity index (χ1n) is 18.8. The number of furan rings is 1. The molecule has 5 heteroatoms. The molecule has 3 aromatic heterocycles. The fraction of sp³-hybridized carbons (Fsp3) is 0. The Labute approximate surface area is 322 Å². The molecule has 0 saturated carbocycles. The van der Waals surface area contributed by atoms with Crippen LogP contribution in [0.3, 0.4) is 0 Å². The fourth-order valence-corrected chi connectivity index (χ4v) is 7.95. The highest BCUT2D eigenvalue weighted by Crippen LogP contribution is 2.42. The van der Waals surface area contributed by atoms with Crippen LogP contribution in [0.1, 0.15) is 0 Å². The highest BCUT2D eigenvalue weighted by Gasteiger charge is 2.20. The Kier molecular flexibility index (Phi) is 7.42. The first-order chi connectivity index (χ1) is 27.7. The van der Waals surface area contributed by atoms with Crippen molar-refractivity contribution in [2.45, 2.75) is 0 Å². The van der Waals surface area contributed by atoms with Gasteiger partial charge in [0.15, 0.2) is 17.5 Å². The minimum Gasteiger partial charge on any atom is -0.456 e. The lowest BCUT2D eigenvalue weighted by Gasteiger charge is -2.10. The summed E-state index contributed by atoms with van der Waals surface area (Å²) in [6.45, 7) is 0. The maximum absolute atomic E-state index is 6.50. The maximum Gasteiger partial charge on any atom is 0.164 e. The Morgan fingerprint density at radius 2 is 0.804 bits per heavy atom. The van der Waals surface area contributed by atoms with Crippen LogP contribution in [0.25, 0.3) is 106 Å². The predicted molar refractivity (Wildman–Crippen MR) is 229 cm³/mol. The smallest absolute Gasteiger partial charge is 0.164 e. The van der Waals surface area contributed by atoms with Crippen molar-refractivity contribution in [2.75, 3.05) is 0 Å². The maximum atomic E-state index is 6.50. The first kappa shape index (κ1) is 31.9. The van der Waals surface area contributed by atoms with Crippen LogP contribution in [0.4, 0.5) is 0 Å². The van der Waals surface area contributed by atoms with E-state index in [1.807, 2.05) is 36.4 Å². The third-order valence-corrected chi connectivity index (χ3v) is 10.7. The molecule has 0 radical (unpaired) electrons. The Morgan fingerprint density at radius 1 is 0.339 bits per heavy atom. The third kappa shape index (κ3) is 5.37. The molecule has 262 valence electrons. The van der Waals surface area contributed by atoms with Crippen LogP contribution < -0.4 is 0 Å². The van der Waals surface area contributed by atoms with Gasteiger partial charge in [0, 0.05) is 38.5 Å². The number of nitrogens with zero attached hydrogens (tertiary/aromatic N) is 4. The molecule has 3 heterocycles. The molecule has 0 aliphatic carbocycles. The molecule has 11 rings (SSSR count). The second kappa shape index (κ2) is 13.0. The molecule has 11 aromatic rings. The SMILES string of the molecule is c1ccc(-c2ccc(-c3nc(-c4ccccc4)nc(-c4ccc(-c5ccc6oc7ccc8c9ccccc9n(-c9ccccc9)c8c7c6c5)cc4)n3)cc2)cc1. The monoisotopic (exact) mass is 716 g/mol. The summed E-state index contributed by atoms with van der Waals surface area (Å²) in [5, 5.41) is 4.61. The largest absolute Gasteiger partial charge is 0.456 e. The highest BCUT2D eigenvalue weighted by atomic mass is 16.3. The quantitative estimate of drug-likeness (QED) is 0.172. The molecule has 0 aliphatic rings. The Morgan fingerprint density at radius 3 is 1.45 bits per heavy atom. The van der Waals surface area contributed by atoms with E-state index in [9.17, 15) is 0 Å². The minimum atomic E-state index is 0.625. The summed E-state index contributed by atoms with van der Waals surface area (Å²) >= 11 is 0. The molecule has 0 saturated heterocycles. The van der Waals surface area contributed by atoms with Crippen LogP contribution in [-0.2, 0) is 0 Å². The summed E-state index contributed by atoms with van der Waals surface area (Å²) in [5.41, 5.74) is 12.5. The highest BCUT2D eigenvalue weighted by molar-refractivity contribution is 6.24. The van der Waals surface area contributed by atoms with Gasteiger partial charge in [-0.15, -0.1) is 0 Å². The first-order valence-corrected chi connectivity index (χ1v) is 18.8. The van der Waals surface area contributed by atoms with Gasteiger partial charge in [-0.1, -0.05) is 152 Å². The van der Waals surface area contributed by atoms with Gasteiger partial charge in [0.05, 0.1) is 16.4 Å². The van der Waals surface area contributed by atoms with E-state index < -0.39 is 0 Å². The summed E-state index contributed by atoms with van der Waals surface area (Å²) in [6.07, 6.45) is 0. The van der Waals surface area contributed by atoms with Gasteiger partial charge < -0.3 is 8.98 Å². The van der Waals surface area contributed by atoms with Crippen LogP contribution in [0.2, 0.25) is 0 Å². The van der Waals surface area contributed by atoms with Gasteiger partial charge in [-0.2, -0.15) is 0 Å². The molecule has 0 N–H and O–H groups in total. The average Bonchev–Trinajstić information content (AvgIpc) is 3.83. The van der Waals surface area contributed by atoms with Crippen molar-refractivity contribution in [3.8, 4) is 62.1 Å². The van der Waals surface area contributed by atoms with Crippen molar-refractivity contribution in [1.82, 2.24) is 19.5 Å². The second-order valence-corrected chi connectivity index (χ2v) is 14.0. The number of aromatic nitrogens is 4. The van der Waals surface area contributed by atoms with Gasteiger partial charge in [-0.3, -0.25) is 0 Å². The van der Waals surface area contributed by atoms with E-state index in [-0.39, 0.29) is 0 Å². The summed E-state index contributed by atoms with van der Waals surface area (Å²) in [4.78, 5) is 14.9. The molecule has 0 amide bonds. The summed E-state index contributed by atoms with van der Waals surface area (Å²) in [6, 6.07) is 67.4. The van der Waals surface area contributed by atoms with E-state index in [4.69, 9.17) is 19.4 Å². The Bertz CT molecular complexity index is 3200. The molecular weight excluding hydrogens is 685 g/mol. The van der Waals surface area contributed by atoms with Gasteiger partial charge in [0.2, 0.25) is 0 Å². The van der Waals surface area contributed by atoms with Gasteiger partial charge in [-0.25, -0.2) is 15.0 Å². The van der Waals surface area contributed by atoms with Gasteiger partial charge >= 0.3 is 0 Å². The molecule has 0 aliphatic heterocycles. The van der Waals surface area contributed by atoms with Crippen molar-refractivity contribution in [2.24, 2.45) is 0 Å². The van der Waals surface area contributed by atoms with E-state index in [0.717, 1.165) is 66.5 Å². The Hall–Kier alpha value is -7.63. The average molecular weight is 717 g/mol. The van der Waals surface area contributed by atoms with Crippen LogP contribution in [0.5, 0.6) is 0 Å². The van der Waals surface area contributed by atoms with E-state index in [1.54, 1.807) is 0 Å². The number of rotatable bonds is 6. The standard InChI is InChI=1S/C51H32N4O/c1-4-12-33(13-5-1)34-20-24-37(25-21-34)50-52-49(36-14-6-2-7-15-36)53-51(54-50)38-26-22-35(23-27-38)39-28-30-45-43(32-39)47-46(56-45)31-29-42-41-18-10-11-19-44(41)55(48(42)47)40-16-8-3-9-17-40/h1-32H. The van der Waals surface area contributed by atoms with Gasteiger partial charge in [0.1, 0.15) is 11.2 Å². The zero-order valence-electron chi connectivity index (χ0n) is 30.2. The normalized spacial score (nSPS) is 11.6. The van der Waals surface area contributed by atoms with Gasteiger partial charge in [0.25, 0.3) is 0 Å². The van der Waals surface area contributed by atoms with Crippen molar-refractivity contribution < 1.29 is 4.42 Å². The zero-order valence-corrected chi connectivity index (χ0v) is 30.2. The molecule has 0 bridgehead atoms. The summed E-state index contributed by atoms with van der Waals surface area (Å²) in [7, 11) is 0. The predicted octanol–water partition coefficient (Wildman–Crippen LogP) is 13.2. The molecule has 56 heavy (non-hydrogen) atoms. The van der Waals surface area contributed by atoms with Crippen molar-refractivity contribution in [1.29, 1.82) is 0 Å². The number of para-hydroxylation sites is 2. The molecule has 5 nitrogen and oxygen atoms in total. The molecular formula is C51H32N4O. The number of hydrogen-bond donors (Lipinski definition) is 0. The molecule has 0 spiro atoms. The zero-order chi connectivity index (χ0) is 37.0. The van der Waals surface area contributed by atoms with Crippen LogP contribution in [0, 0.1) is 0 Å². The number of hydrogen-bond acceptors (Lipinski definition) is 4. The topological polar surface area (TPSA) is 56.7 Å². The minimum absolute atomic E-state index is 0.625. The van der Waals surface area contributed by atoms with Crippen molar-refractivity contribution in [3.63, 3.8) is 0 Å². The molecule has 0 atom stereocenters. The van der Waals surface area contributed by atoms with E-state index in [1.165, 1.54) is 21.9 Å². The summed E-state index contributed by atoms with van der Waals surface area (Å²) in [5.74, 6) is 1.90. The number of benzene rings is 8. The van der Waals surface area contributed by atoms with E-state index in [0.29, 0.717) is 17.5 Å². The van der Waals surface area contributed by atoms with E-state index in [2.05, 4.69) is 162 Å². The third-order valence-electron chi connectivity index (χ3n) is 10.7. The van der Waals surface area contributed by atoms with Crippen LogP contribution >= 0.6 is 0 Å². The fourth-order valence-electron chi connectivity index (χ4n) is 7.95. The van der Waals surface area contributed by atoms with Crippen LogP contribution in [0.15, 0.2) is 199 Å². The second-order valence-electron chi connectivity index (χ2n) is 14.0. The number of fused-ring (bicyclic) bond motifs is 7. The molecule has 8 aromatic carbocycles. The Balaban J connectivity index is 1.01. The lowest BCUT2D eigenvalue weighted by molar-refractivity contribution is 0.669. The van der Waals surface area contributed by atoms with Crippen molar-refractivity contribution >= 4 is 43.7 Å². The van der Waals surface area contributed by atoms with Gasteiger partial charge in [-0.05, 0) is 64.7 Å². The van der Waals surface area contributed by atoms with Crippen LogP contribution in [-0.4, -0.2) is 19.5 Å². The van der Waals surface area contributed by atoms with E-state index >= 15 is 0 Å². The summed E-state index contributed by atoms with van der Waals surface area (Å²) < 4.78 is 8.87. The molecule has 0 unspecified atom stereocenters.